The summed E-state index contributed by atoms with van der Waals surface area (Å²) in [5.41, 5.74) is 5.86. The summed E-state index contributed by atoms with van der Waals surface area (Å²) in [7, 11) is -3.33. The molecule has 19 heavy (non-hydrogen) atoms. The van der Waals surface area contributed by atoms with Gasteiger partial charge in [-0.15, -0.1) is 6.58 Å². The van der Waals surface area contributed by atoms with Crippen LogP contribution in [-0.2, 0) is 9.84 Å². The maximum atomic E-state index is 12.0. The van der Waals surface area contributed by atoms with Gasteiger partial charge in [-0.1, -0.05) is 11.2 Å². The van der Waals surface area contributed by atoms with E-state index >= 15 is 0 Å². The van der Waals surface area contributed by atoms with Crippen molar-refractivity contribution in [1.82, 2.24) is 5.32 Å². The number of hydrogen-bond donors (Lipinski definition) is 3. The predicted molar refractivity (Wildman–Crippen MR) is 74.1 cm³/mol. The van der Waals surface area contributed by atoms with Crippen LogP contribution < -0.4 is 11.1 Å². The highest BCUT2D eigenvalue weighted by molar-refractivity contribution is 7.91. The topological polar surface area (TPSA) is 105 Å². The van der Waals surface area contributed by atoms with Crippen LogP contribution in [0.1, 0.15) is 5.56 Å². The molecule has 0 saturated heterocycles. The normalized spacial score (nSPS) is 12.3. The summed E-state index contributed by atoms with van der Waals surface area (Å²) in [5, 5.41) is 14.3. The number of hydrogen-bond acceptors (Lipinski definition) is 5. The second-order valence-corrected chi connectivity index (χ2v) is 5.93. The summed E-state index contributed by atoms with van der Waals surface area (Å²) in [6.07, 6.45) is 1.67. The third-order valence-corrected chi connectivity index (χ3v) is 4.19. The van der Waals surface area contributed by atoms with Crippen LogP contribution in [0.3, 0.4) is 0 Å². The van der Waals surface area contributed by atoms with E-state index in [-0.39, 0.29) is 16.5 Å². The summed E-state index contributed by atoms with van der Waals surface area (Å²) in [6.45, 7) is 4.46. The molecule has 0 atom stereocenters. The summed E-state index contributed by atoms with van der Waals surface area (Å²) in [6, 6.07) is 5.88. The number of oxime groups is 1. The molecule has 4 N–H and O–H groups in total. The molecule has 0 aliphatic carbocycles. The molecule has 7 heteroatoms. The fraction of sp³-hybridized carbons (Fsp3) is 0.250. The number of amidine groups is 1. The van der Waals surface area contributed by atoms with Crippen molar-refractivity contribution < 1.29 is 13.6 Å². The highest BCUT2D eigenvalue weighted by Gasteiger charge is 2.13. The first-order valence-corrected chi connectivity index (χ1v) is 7.29. The van der Waals surface area contributed by atoms with Crippen molar-refractivity contribution in [1.29, 1.82) is 0 Å². The Morgan fingerprint density at radius 2 is 2.05 bits per heavy atom. The lowest BCUT2D eigenvalue weighted by Crippen LogP contribution is -2.23. The Morgan fingerprint density at radius 3 is 2.58 bits per heavy atom. The van der Waals surface area contributed by atoms with E-state index in [2.05, 4.69) is 17.1 Å². The van der Waals surface area contributed by atoms with Crippen LogP contribution >= 0.6 is 0 Å². The molecule has 0 unspecified atom stereocenters. The Balaban J connectivity index is 2.76. The summed E-state index contributed by atoms with van der Waals surface area (Å²) in [4.78, 5) is 0.211. The number of benzene rings is 1. The standard InChI is InChI=1S/C12H17N3O3S/c1-2-7-14-8-9-19(17,18)11-5-3-10(4-6-11)12(13)15-16/h2-6,14,16H,1,7-9H2,(H2,13,15). The molecule has 0 bridgehead atoms. The van der Waals surface area contributed by atoms with Crippen molar-refractivity contribution in [2.45, 2.75) is 4.90 Å². The third kappa shape index (κ3) is 4.38. The van der Waals surface area contributed by atoms with Gasteiger partial charge in [0.15, 0.2) is 15.7 Å². The van der Waals surface area contributed by atoms with Gasteiger partial charge in [-0.05, 0) is 24.3 Å². The molecule has 0 fully saturated rings. The zero-order valence-corrected chi connectivity index (χ0v) is 11.2. The molecule has 0 radical (unpaired) electrons. The Morgan fingerprint density at radius 1 is 1.42 bits per heavy atom. The van der Waals surface area contributed by atoms with Crippen molar-refractivity contribution in [2.24, 2.45) is 10.9 Å². The number of rotatable bonds is 7. The number of nitrogens with one attached hydrogen (secondary N) is 1. The largest absolute Gasteiger partial charge is 0.409 e. The summed E-state index contributed by atoms with van der Waals surface area (Å²) < 4.78 is 23.9. The number of sulfone groups is 1. The second-order valence-electron chi connectivity index (χ2n) is 3.82. The van der Waals surface area contributed by atoms with E-state index in [4.69, 9.17) is 10.9 Å². The van der Waals surface area contributed by atoms with E-state index in [1.807, 2.05) is 0 Å². The Kier molecular flexibility index (Phi) is 5.53. The van der Waals surface area contributed by atoms with Crippen molar-refractivity contribution in [3.63, 3.8) is 0 Å². The maximum absolute atomic E-state index is 12.0. The van der Waals surface area contributed by atoms with Crippen LogP contribution in [0.25, 0.3) is 0 Å². The fourth-order valence-electron chi connectivity index (χ4n) is 1.42. The lowest BCUT2D eigenvalue weighted by atomic mass is 10.2. The minimum Gasteiger partial charge on any atom is -0.409 e. The highest BCUT2D eigenvalue weighted by Crippen LogP contribution is 2.12. The van der Waals surface area contributed by atoms with E-state index in [1.54, 1.807) is 6.08 Å². The molecule has 104 valence electrons. The minimum atomic E-state index is -3.33. The van der Waals surface area contributed by atoms with E-state index in [9.17, 15) is 8.42 Å². The van der Waals surface area contributed by atoms with Crippen molar-refractivity contribution in [3.05, 3.63) is 42.5 Å². The van der Waals surface area contributed by atoms with Crippen LogP contribution in [0.5, 0.6) is 0 Å². The average Bonchev–Trinajstić information content (AvgIpc) is 2.43. The number of nitrogens with two attached hydrogens (primary N) is 1. The van der Waals surface area contributed by atoms with Crippen LogP contribution in [0.2, 0.25) is 0 Å². The Labute approximate surface area is 112 Å². The van der Waals surface area contributed by atoms with Gasteiger partial charge in [0.25, 0.3) is 0 Å². The zero-order chi connectivity index (χ0) is 14.3. The predicted octanol–water partition coefficient (Wildman–Crippen LogP) is 0.330. The van der Waals surface area contributed by atoms with Crippen LogP contribution in [0, 0.1) is 0 Å². The van der Waals surface area contributed by atoms with E-state index in [0.717, 1.165) is 0 Å². The molecular weight excluding hydrogens is 266 g/mol. The van der Waals surface area contributed by atoms with Gasteiger partial charge in [-0.2, -0.15) is 0 Å². The van der Waals surface area contributed by atoms with Crippen LogP contribution in [0.15, 0.2) is 47.0 Å². The molecule has 1 aromatic carbocycles. The van der Waals surface area contributed by atoms with E-state index in [0.29, 0.717) is 18.7 Å². The SMILES string of the molecule is C=CCNCCS(=O)(=O)c1ccc(/C(N)=N\O)cc1. The van der Waals surface area contributed by atoms with Gasteiger partial charge < -0.3 is 16.3 Å². The summed E-state index contributed by atoms with van der Waals surface area (Å²) in [5.74, 6) is -0.0550. The zero-order valence-electron chi connectivity index (χ0n) is 10.4. The maximum Gasteiger partial charge on any atom is 0.179 e. The fourth-order valence-corrected chi connectivity index (χ4v) is 2.62. The summed E-state index contributed by atoms with van der Waals surface area (Å²) >= 11 is 0. The molecule has 0 aliphatic rings. The third-order valence-electron chi connectivity index (χ3n) is 2.45. The molecule has 0 spiro atoms. The second kappa shape index (κ2) is 6.91. The van der Waals surface area contributed by atoms with Gasteiger partial charge in [0.2, 0.25) is 0 Å². The average molecular weight is 283 g/mol. The molecular formula is C12H17N3O3S. The lowest BCUT2D eigenvalue weighted by Gasteiger charge is -2.06. The van der Waals surface area contributed by atoms with E-state index < -0.39 is 9.84 Å². The van der Waals surface area contributed by atoms with Gasteiger partial charge in [0.05, 0.1) is 10.6 Å². The number of nitrogens with zero attached hydrogens (tertiary/aromatic N) is 1. The van der Waals surface area contributed by atoms with Gasteiger partial charge in [-0.25, -0.2) is 8.42 Å². The molecule has 1 aromatic rings. The molecule has 6 nitrogen and oxygen atoms in total. The Hall–Kier alpha value is -1.86. The van der Waals surface area contributed by atoms with Crippen molar-refractivity contribution in [3.8, 4) is 0 Å². The molecule has 0 heterocycles. The first kappa shape index (κ1) is 15.2. The molecule has 0 amide bonds. The first-order valence-electron chi connectivity index (χ1n) is 5.63. The molecule has 0 saturated carbocycles. The molecule has 1 rings (SSSR count). The Bertz CT molecular complexity index is 550. The van der Waals surface area contributed by atoms with E-state index in [1.165, 1.54) is 24.3 Å². The van der Waals surface area contributed by atoms with Gasteiger partial charge >= 0.3 is 0 Å². The van der Waals surface area contributed by atoms with Gasteiger partial charge in [0.1, 0.15) is 0 Å². The van der Waals surface area contributed by atoms with Gasteiger partial charge in [0, 0.05) is 18.7 Å². The monoisotopic (exact) mass is 283 g/mol. The van der Waals surface area contributed by atoms with Crippen LogP contribution in [-0.4, -0.2) is 38.3 Å². The lowest BCUT2D eigenvalue weighted by molar-refractivity contribution is 0.318. The smallest absolute Gasteiger partial charge is 0.179 e. The minimum absolute atomic E-state index is 0.00373. The first-order chi connectivity index (χ1) is 9.01. The van der Waals surface area contributed by atoms with Crippen molar-refractivity contribution in [2.75, 3.05) is 18.8 Å². The molecule has 0 aliphatic heterocycles. The van der Waals surface area contributed by atoms with Crippen LogP contribution in [0.4, 0.5) is 0 Å². The quantitative estimate of drug-likeness (QED) is 0.167. The highest BCUT2D eigenvalue weighted by atomic mass is 32.2. The van der Waals surface area contributed by atoms with Crippen molar-refractivity contribution >= 4 is 15.7 Å². The van der Waals surface area contributed by atoms with Gasteiger partial charge in [-0.3, -0.25) is 0 Å². The molecule has 0 aromatic heterocycles.